The number of ether oxygens (including phenoxy) is 1. The fourth-order valence-corrected chi connectivity index (χ4v) is 2.42. The topological polar surface area (TPSA) is 104 Å². The number of carbonyl (C=O) groups is 1. The van der Waals surface area contributed by atoms with Gasteiger partial charge in [-0.15, -0.1) is 5.10 Å². The summed E-state index contributed by atoms with van der Waals surface area (Å²) in [5.41, 5.74) is 0.307. The van der Waals surface area contributed by atoms with Crippen LogP contribution >= 0.6 is 0 Å². The molecule has 0 radical (unpaired) electrons. The van der Waals surface area contributed by atoms with Crippen LogP contribution in [0.1, 0.15) is 29.0 Å². The van der Waals surface area contributed by atoms with Crippen molar-refractivity contribution in [3.8, 4) is 23.5 Å². The molecule has 0 aromatic carbocycles. The lowest BCUT2D eigenvalue weighted by molar-refractivity contribution is 0.0687. The van der Waals surface area contributed by atoms with Gasteiger partial charge < -0.3 is 14.7 Å². The molecule has 0 saturated carbocycles. The molecule has 1 fully saturated rings. The number of nitrogens with zero attached hydrogens (tertiary/aromatic N) is 4. The lowest BCUT2D eigenvalue weighted by Crippen LogP contribution is -2.29. The minimum atomic E-state index is -1.21. The Morgan fingerprint density at radius 2 is 2.25 bits per heavy atom. The molecule has 0 bridgehead atoms. The molecule has 0 amide bonds. The first-order chi connectivity index (χ1) is 11.6. The van der Waals surface area contributed by atoms with Gasteiger partial charge in [-0.1, -0.05) is 11.1 Å². The van der Waals surface area contributed by atoms with Gasteiger partial charge in [0.15, 0.2) is 0 Å². The second kappa shape index (κ2) is 7.10. The van der Waals surface area contributed by atoms with Gasteiger partial charge >= 0.3 is 5.97 Å². The molecule has 1 aliphatic rings. The van der Waals surface area contributed by atoms with Crippen LogP contribution in [0.3, 0.4) is 0 Å². The van der Waals surface area contributed by atoms with E-state index in [9.17, 15) is 4.79 Å². The molecule has 2 aromatic rings. The van der Waals surface area contributed by atoms with Crippen molar-refractivity contribution in [2.45, 2.75) is 12.8 Å². The first kappa shape index (κ1) is 16.0. The molecule has 2 aromatic heterocycles. The predicted octanol–water partition coefficient (Wildman–Crippen LogP) is 1.38. The Hall–Kier alpha value is -2.92. The smallest absolute Gasteiger partial charge is 0.362 e. The number of piperidine rings is 1. The summed E-state index contributed by atoms with van der Waals surface area (Å²) in [4.78, 5) is 17.5. The largest absolute Gasteiger partial charge is 0.476 e. The number of nitrogens with one attached hydrogen (secondary N) is 1. The van der Waals surface area contributed by atoms with E-state index in [1.54, 1.807) is 18.3 Å². The van der Waals surface area contributed by atoms with E-state index in [4.69, 9.17) is 9.84 Å². The summed E-state index contributed by atoms with van der Waals surface area (Å²) < 4.78 is 5.48. The van der Waals surface area contributed by atoms with E-state index in [0.29, 0.717) is 17.4 Å². The van der Waals surface area contributed by atoms with Gasteiger partial charge in [-0.3, -0.25) is 0 Å². The minimum Gasteiger partial charge on any atom is -0.476 e. The average Bonchev–Trinajstić information content (AvgIpc) is 3.03. The maximum absolute atomic E-state index is 11.0. The number of aromatic nitrogens is 4. The van der Waals surface area contributed by atoms with Crippen LogP contribution in [0.5, 0.6) is 11.6 Å². The second-order valence-corrected chi connectivity index (χ2v) is 5.62. The maximum Gasteiger partial charge on any atom is 0.362 e. The zero-order valence-electron chi connectivity index (χ0n) is 13.2. The second-order valence-electron chi connectivity index (χ2n) is 5.62. The third-order valence-electron chi connectivity index (χ3n) is 3.79. The number of pyridine rings is 1. The molecule has 0 spiro atoms. The van der Waals surface area contributed by atoms with Crippen molar-refractivity contribution in [2.24, 2.45) is 5.92 Å². The highest BCUT2D eigenvalue weighted by atomic mass is 16.5. The average molecular weight is 327 g/mol. The molecular weight excluding hydrogens is 310 g/mol. The molecule has 124 valence electrons. The summed E-state index contributed by atoms with van der Waals surface area (Å²) in [7, 11) is 2.11. The number of carboxylic acids is 1. The van der Waals surface area contributed by atoms with E-state index in [0.717, 1.165) is 25.9 Å². The number of likely N-dealkylation sites (tertiary alicyclic amines) is 1. The van der Waals surface area contributed by atoms with Crippen molar-refractivity contribution in [1.29, 1.82) is 0 Å². The number of carboxylic acid groups (broad SMARTS) is 1. The van der Waals surface area contributed by atoms with Crippen LogP contribution in [0.2, 0.25) is 0 Å². The van der Waals surface area contributed by atoms with Crippen LogP contribution in [0.25, 0.3) is 0 Å². The highest BCUT2D eigenvalue weighted by Gasteiger charge is 2.17. The lowest BCUT2D eigenvalue weighted by Gasteiger charge is -2.25. The molecule has 24 heavy (non-hydrogen) atoms. The van der Waals surface area contributed by atoms with E-state index in [-0.39, 0.29) is 11.6 Å². The third kappa shape index (κ3) is 3.88. The van der Waals surface area contributed by atoms with Gasteiger partial charge in [0.25, 0.3) is 5.88 Å². The van der Waals surface area contributed by atoms with Crippen molar-refractivity contribution in [3.63, 3.8) is 0 Å². The molecule has 2 N–H and O–H groups in total. The SMILES string of the molecule is CN1CCC(C#Cc2cc(Oc3[nH]nnc3C(=O)O)ccn2)CC1. The number of H-pyrrole nitrogens is 1. The van der Waals surface area contributed by atoms with Gasteiger partial charge in [0.05, 0.1) is 0 Å². The standard InChI is InChI=1S/C16H17N5O3/c1-21-8-5-11(6-9-21)2-3-12-10-13(4-7-17-12)24-15-14(16(22)23)18-20-19-15/h4,7,10-11H,5-6,8-9H2,1H3,(H,22,23)(H,18,19,20). The maximum atomic E-state index is 11.0. The van der Waals surface area contributed by atoms with Crippen LogP contribution in [0.4, 0.5) is 0 Å². The molecule has 1 saturated heterocycles. The quantitative estimate of drug-likeness (QED) is 0.821. The molecule has 8 heteroatoms. The van der Waals surface area contributed by atoms with Gasteiger partial charge in [-0.25, -0.2) is 14.9 Å². The van der Waals surface area contributed by atoms with Gasteiger partial charge in [-0.2, -0.15) is 0 Å². The van der Waals surface area contributed by atoms with E-state index >= 15 is 0 Å². The normalized spacial score (nSPS) is 15.5. The Labute approximate surface area is 138 Å². The first-order valence-electron chi connectivity index (χ1n) is 7.60. The summed E-state index contributed by atoms with van der Waals surface area (Å²) in [5.74, 6) is 5.88. The number of hydrogen-bond acceptors (Lipinski definition) is 6. The molecule has 8 nitrogen and oxygen atoms in total. The Bertz CT molecular complexity index is 784. The van der Waals surface area contributed by atoms with Crippen molar-refractivity contribution in [3.05, 3.63) is 29.7 Å². The summed E-state index contributed by atoms with van der Waals surface area (Å²) in [6.07, 6.45) is 3.68. The summed E-state index contributed by atoms with van der Waals surface area (Å²) in [6.45, 7) is 2.11. The predicted molar refractivity (Wildman–Crippen MR) is 84.8 cm³/mol. The van der Waals surface area contributed by atoms with Crippen molar-refractivity contribution in [1.82, 2.24) is 25.3 Å². The van der Waals surface area contributed by atoms with Crippen molar-refractivity contribution >= 4 is 5.97 Å². The Morgan fingerprint density at radius 3 is 3.00 bits per heavy atom. The number of hydrogen-bond donors (Lipinski definition) is 2. The lowest BCUT2D eigenvalue weighted by atomic mass is 9.98. The van der Waals surface area contributed by atoms with Crippen LogP contribution < -0.4 is 4.74 Å². The van der Waals surface area contributed by atoms with Crippen molar-refractivity contribution < 1.29 is 14.6 Å². The molecule has 1 aliphatic heterocycles. The van der Waals surface area contributed by atoms with Crippen LogP contribution in [-0.2, 0) is 0 Å². The zero-order valence-corrected chi connectivity index (χ0v) is 13.2. The fraction of sp³-hybridized carbons (Fsp3) is 0.375. The van der Waals surface area contributed by atoms with E-state index in [1.807, 2.05) is 0 Å². The number of aromatic amines is 1. The minimum absolute atomic E-state index is 0.0251. The summed E-state index contributed by atoms with van der Waals surface area (Å²) in [5, 5.41) is 18.3. The fourth-order valence-electron chi connectivity index (χ4n) is 2.42. The van der Waals surface area contributed by atoms with Gasteiger partial charge in [0.2, 0.25) is 5.69 Å². The number of aromatic carboxylic acids is 1. The summed E-state index contributed by atoms with van der Waals surface area (Å²) >= 11 is 0. The third-order valence-corrected chi connectivity index (χ3v) is 3.79. The Morgan fingerprint density at radius 1 is 1.46 bits per heavy atom. The number of rotatable bonds is 3. The van der Waals surface area contributed by atoms with Crippen LogP contribution in [0, 0.1) is 17.8 Å². The zero-order chi connectivity index (χ0) is 16.9. The summed E-state index contributed by atoms with van der Waals surface area (Å²) in [6, 6.07) is 3.28. The van der Waals surface area contributed by atoms with Crippen LogP contribution in [0.15, 0.2) is 18.3 Å². The van der Waals surface area contributed by atoms with Gasteiger partial charge in [-0.05, 0) is 45.0 Å². The van der Waals surface area contributed by atoms with Gasteiger partial charge in [0.1, 0.15) is 11.4 Å². The molecule has 3 rings (SSSR count). The molecule has 3 heterocycles. The van der Waals surface area contributed by atoms with Gasteiger partial charge in [0, 0.05) is 18.2 Å². The highest BCUT2D eigenvalue weighted by molar-refractivity contribution is 5.87. The highest BCUT2D eigenvalue weighted by Crippen LogP contribution is 2.21. The molecular formula is C16H17N5O3. The van der Waals surface area contributed by atoms with E-state index in [1.165, 1.54) is 0 Å². The monoisotopic (exact) mass is 327 g/mol. The molecule has 0 aliphatic carbocycles. The van der Waals surface area contributed by atoms with E-state index in [2.05, 4.69) is 44.2 Å². The van der Waals surface area contributed by atoms with Crippen LogP contribution in [-0.4, -0.2) is 56.5 Å². The molecule has 0 unspecified atom stereocenters. The molecule has 0 atom stereocenters. The Balaban J connectivity index is 1.71. The van der Waals surface area contributed by atoms with E-state index < -0.39 is 5.97 Å². The Kier molecular flexibility index (Phi) is 4.72. The van der Waals surface area contributed by atoms with Crippen molar-refractivity contribution in [2.75, 3.05) is 20.1 Å². The first-order valence-corrected chi connectivity index (χ1v) is 7.60.